The molecule has 1 atom stereocenters. The molecule has 0 heterocycles. The van der Waals surface area contributed by atoms with Crippen LogP contribution in [0.3, 0.4) is 0 Å². The van der Waals surface area contributed by atoms with Crippen LogP contribution in [0.5, 0.6) is 0 Å². The largest absolute Gasteiger partial charge is 0.392 e. The molecule has 0 amide bonds. The van der Waals surface area contributed by atoms with Gasteiger partial charge in [0.2, 0.25) is 10.0 Å². The van der Waals surface area contributed by atoms with Crippen molar-refractivity contribution in [1.29, 1.82) is 0 Å². The Morgan fingerprint density at radius 3 is 2.53 bits per heavy atom. The van der Waals surface area contributed by atoms with Crippen molar-refractivity contribution in [3.8, 4) is 0 Å². The van der Waals surface area contributed by atoms with Gasteiger partial charge in [-0.05, 0) is 31.9 Å². The minimum atomic E-state index is -3.52. The van der Waals surface area contributed by atoms with Crippen LogP contribution in [0.2, 0.25) is 0 Å². The van der Waals surface area contributed by atoms with E-state index >= 15 is 0 Å². The second-order valence-electron chi connectivity index (χ2n) is 4.18. The maximum Gasteiger partial charge on any atom is 0.240 e. The summed E-state index contributed by atoms with van der Waals surface area (Å²) in [5.74, 6) is 0. The molecule has 5 heteroatoms. The molecule has 1 rings (SSSR count). The summed E-state index contributed by atoms with van der Waals surface area (Å²) >= 11 is 0. The number of nitrogens with one attached hydrogen (secondary N) is 1. The summed E-state index contributed by atoms with van der Waals surface area (Å²) in [7, 11) is -3.52. The number of aliphatic hydroxyl groups is 1. The number of aryl methyl sites for hydroxylation is 2. The number of rotatable bonds is 5. The van der Waals surface area contributed by atoms with Crippen LogP contribution in [-0.2, 0) is 10.0 Å². The van der Waals surface area contributed by atoms with Gasteiger partial charge < -0.3 is 5.11 Å². The Labute approximate surface area is 103 Å². The zero-order valence-electron chi connectivity index (χ0n) is 10.4. The fraction of sp³-hybridized carbons (Fsp3) is 0.500. The Balaban J connectivity index is 2.90. The van der Waals surface area contributed by atoms with Gasteiger partial charge in [-0.25, -0.2) is 13.1 Å². The van der Waals surface area contributed by atoms with Gasteiger partial charge in [0.1, 0.15) is 0 Å². The van der Waals surface area contributed by atoms with Crippen LogP contribution in [0.25, 0.3) is 0 Å². The summed E-state index contributed by atoms with van der Waals surface area (Å²) in [5, 5.41) is 9.35. The first kappa shape index (κ1) is 14.2. The molecule has 0 radical (unpaired) electrons. The Morgan fingerprint density at radius 1 is 1.35 bits per heavy atom. The molecule has 4 nitrogen and oxygen atoms in total. The van der Waals surface area contributed by atoms with Gasteiger partial charge in [-0.1, -0.05) is 24.6 Å². The lowest BCUT2D eigenvalue weighted by Gasteiger charge is -2.12. The van der Waals surface area contributed by atoms with E-state index < -0.39 is 16.1 Å². The van der Waals surface area contributed by atoms with Gasteiger partial charge in [-0.15, -0.1) is 0 Å². The molecule has 1 aromatic rings. The summed E-state index contributed by atoms with van der Waals surface area (Å²) in [4.78, 5) is 0.270. The predicted molar refractivity (Wildman–Crippen MR) is 67.4 cm³/mol. The zero-order valence-corrected chi connectivity index (χ0v) is 11.2. The average molecular weight is 257 g/mol. The molecule has 2 N–H and O–H groups in total. The molecule has 1 unspecified atom stereocenters. The fourth-order valence-electron chi connectivity index (χ4n) is 1.53. The Morgan fingerprint density at radius 2 is 2.00 bits per heavy atom. The molecule has 0 saturated carbocycles. The third kappa shape index (κ3) is 3.80. The van der Waals surface area contributed by atoms with Gasteiger partial charge >= 0.3 is 0 Å². The Kier molecular flexibility index (Phi) is 4.68. The zero-order chi connectivity index (χ0) is 13.1. The number of aliphatic hydroxyl groups excluding tert-OH is 1. The van der Waals surface area contributed by atoms with E-state index in [0.717, 1.165) is 5.56 Å². The molecule has 0 fully saturated rings. The highest BCUT2D eigenvalue weighted by Gasteiger charge is 2.17. The quantitative estimate of drug-likeness (QED) is 0.837. The molecule has 0 aromatic heterocycles. The average Bonchev–Trinajstić information content (AvgIpc) is 2.25. The maximum absolute atomic E-state index is 12.0. The molecule has 17 heavy (non-hydrogen) atoms. The van der Waals surface area contributed by atoms with Crippen LogP contribution in [-0.4, -0.2) is 26.2 Å². The van der Waals surface area contributed by atoms with Crippen molar-refractivity contribution in [2.24, 2.45) is 0 Å². The van der Waals surface area contributed by atoms with E-state index in [4.69, 9.17) is 0 Å². The standard InChI is InChI=1S/C12H19NO3S/c1-4-11(14)8-13-17(15,16)12-6-5-9(2)7-10(12)3/h5-7,11,13-14H,4,8H2,1-3H3. The molecule has 0 bridgehead atoms. The van der Waals surface area contributed by atoms with Gasteiger partial charge in [0.05, 0.1) is 11.0 Å². The lowest BCUT2D eigenvalue weighted by molar-refractivity contribution is 0.174. The Hall–Kier alpha value is -0.910. The molecule has 0 aliphatic heterocycles. The maximum atomic E-state index is 12.0. The van der Waals surface area contributed by atoms with Crippen LogP contribution in [0.15, 0.2) is 23.1 Å². The highest BCUT2D eigenvalue weighted by atomic mass is 32.2. The van der Waals surface area contributed by atoms with Crippen molar-refractivity contribution in [3.05, 3.63) is 29.3 Å². The first-order valence-corrected chi connectivity index (χ1v) is 7.10. The van der Waals surface area contributed by atoms with Crippen molar-refractivity contribution < 1.29 is 13.5 Å². The third-order valence-corrected chi connectivity index (χ3v) is 4.18. The second kappa shape index (κ2) is 5.62. The van der Waals surface area contributed by atoms with E-state index in [2.05, 4.69) is 4.72 Å². The van der Waals surface area contributed by atoms with Gasteiger partial charge in [0.25, 0.3) is 0 Å². The molecule has 0 saturated heterocycles. The van der Waals surface area contributed by atoms with E-state index in [1.54, 1.807) is 26.0 Å². The smallest absolute Gasteiger partial charge is 0.240 e. The Bertz CT molecular complexity index is 483. The van der Waals surface area contributed by atoms with Gasteiger partial charge in [0.15, 0.2) is 0 Å². The van der Waals surface area contributed by atoms with E-state index in [-0.39, 0.29) is 11.4 Å². The summed E-state index contributed by atoms with van der Waals surface area (Å²) in [6.07, 6.45) is -0.120. The number of hydrogen-bond donors (Lipinski definition) is 2. The first-order valence-electron chi connectivity index (χ1n) is 5.61. The molecule has 0 aliphatic rings. The van der Waals surface area contributed by atoms with Crippen LogP contribution in [0.4, 0.5) is 0 Å². The normalized spacial score (nSPS) is 13.6. The van der Waals surface area contributed by atoms with Gasteiger partial charge in [-0.3, -0.25) is 0 Å². The van der Waals surface area contributed by atoms with Gasteiger partial charge in [-0.2, -0.15) is 0 Å². The minimum Gasteiger partial charge on any atom is -0.392 e. The van der Waals surface area contributed by atoms with E-state index in [9.17, 15) is 13.5 Å². The van der Waals surface area contributed by atoms with Crippen molar-refractivity contribution >= 4 is 10.0 Å². The van der Waals surface area contributed by atoms with E-state index in [0.29, 0.717) is 12.0 Å². The SMILES string of the molecule is CCC(O)CNS(=O)(=O)c1ccc(C)cc1C. The van der Waals surface area contributed by atoms with Crippen molar-refractivity contribution in [3.63, 3.8) is 0 Å². The summed E-state index contributed by atoms with van der Waals surface area (Å²) < 4.78 is 26.3. The van der Waals surface area contributed by atoms with Crippen LogP contribution in [0, 0.1) is 13.8 Å². The topological polar surface area (TPSA) is 66.4 Å². The number of hydrogen-bond acceptors (Lipinski definition) is 3. The minimum absolute atomic E-state index is 0.0478. The van der Waals surface area contributed by atoms with Crippen LogP contribution in [0.1, 0.15) is 24.5 Å². The molecule has 0 spiro atoms. The van der Waals surface area contributed by atoms with Crippen molar-refractivity contribution in [2.75, 3.05) is 6.54 Å². The number of sulfonamides is 1. The van der Waals surface area contributed by atoms with Crippen LogP contribution < -0.4 is 4.72 Å². The van der Waals surface area contributed by atoms with E-state index in [1.165, 1.54) is 0 Å². The lowest BCUT2D eigenvalue weighted by Crippen LogP contribution is -2.32. The third-order valence-electron chi connectivity index (χ3n) is 2.60. The highest BCUT2D eigenvalue weighted by Crippen LogP contribution is 2.16. The monoisotopic (exact) mass is 257 g/mol. The van der Waals surface area contributed by atoms with E-state index in [1.807, 2.05) is 13.0 Å². The molecule has 0 aliphatic carbocycles. The molecule has 1 aromatic carbocycles. The molecule has 96 valence electrons. The van der Waals surface area contributed by atoms with Crippen molar-refractivity contribution in [2.45, 2.75) is 38.2 Å². The molecular formula is C12H19NO3S. The summed E-state index contributed by atoms with van der Waals surface area (Å²) in [5.41, 5.74) is 1.73. The highest BCUT2D eigenvalue weighted by molar-refractivity contribution is 7.89. The fourth-order valence-corrected chi connectivity index (χ4v) is 2.83. The van der Waals surface area contributed by atoms with Crippen LogP contribution >= 0.6 is 0 Å². The summed E-state index contributed by atoms with van der Waals surface area (Å²) in [6.45, 7) is 5.53. The van der Waals surface area contributed by atoms with Gasteiger partial charge in [0, 0.05) is 6.54 Å². The lowest BCUT2D eigenvalue weighted by atomic mass is 10.2. The second-order valence-corrected chi connectivity index (χ2v) is 5.92. The predicted octanol–water partition coefficient (Wildman–Crippen LogP) is 1.35. The first-order chi connectivity index (χ1) is 7.86. The summed E-state index contributed by atoms with van der Waals surface area (Å²) in [6, 6.07) is 5.17. The van der Waals surface area contributed by atoms with Crippen molar-refractivity contribution in [1.82, 2.24) is 4.72 Å². The molecular weight excluding hydrogens is 238 g/mol. The number of benzene rings is 1.